The van der Waals surface area contributed by atoms with E-state index in [1.807, 2.05) is 20.8 Å². The highest BCUT2D eigenvalue weighted by atomic mass is 19.1. The summed E-state index contributed by atoms with van der Waals surface area (Å²) in [7, 11) is 0. The van der Waals surface area contributed by atoms with Gasteiger partial charge < -0.3 is 10.2 Å². The number of hydrogen-bond acceptors (Lipinski definition) is 5. The molecule has 4 fully saturated rings. The Kier molecular flexibility index (Phi) is 8.48. The molecule has 1 amide bonds. The second-order valence-electron chi connectivity index (χ2n) is 12.9. The number of fused-ring (bicyclic) bond motifs is 5. The van der Waals surface area contributed by atoms with Crippen LogP contribution in [-0.2, 0) is 9.63 Å². The van der Waals surface area contributed by atoms with Gasteiger partial charge in [-0.2, -0.15) is 0 Å². The van der Waals surface area contributed by atoms with E-state index >= 15 is 0 Å². The molecule has 4 saturated carbocycles. The summed E-state index contributed by atoms with van der Waals surface area (Å²) >= 11 is 0. The Morgan fingerprint density at radius 2 is 1.86 bits per heavy atom. The summed E-state index contributed by atoms with van der Waals surface area (Å²) in [6.07, 6.45) is 9.22. The second kappa shape index (κ2) is 11.1. The van der Waals surface area contributed by atoms with Crippen molar-refractivity contribution in [2.75, 3.05) is 26.3 Å². The molecule has 0 radical (unpaired) electrons. The first-order valence-electron chi connectivity index (χ1n) is 14.4. The van der Waals surface area contributed by atoms with Crippen LogP contribution in [0.25, 0.3) is 0 Å². The van der Waals surface area contributed by atoms with Gasteiger partial charge in [0, 0.05) is 37.9 Å². The van der Waals surface area contributed by atoms with E-state index in [0.29, 0.717) is 48.1 Å². The molecule has 0 heterocycles. The fraction of sp³-hybridized carbons (Fsp3) is 0.897. The number of halogens is 1. The van der Waals surface area contributed by atoms with Crippen molar-refractivity contribution in [3.63, 3.8) is 0 Å². The molecule has 6 nitrogen and oxygen atoms in total. The predicted molar refractivity (Wildman–Crippen MR) is 141 cm³/mol. The lowest BCUT2D eigenvalue weighted by atomic mass is 9.44. The van der Waals surface area contributed by atoms with Gasteiger partial charge in [-0.05, 0) is 86.4 Å². The molecule has 0 unspecified atom stereocenters. The molecule has 1 N–H and O–H groups in total. The van der Waals surface area contributed by atoms with Crippen molar-refractivity contribution in [1.82, 2.24) is 10.2 Å². The molecule has 0 saturated heterocycles. The summed E-state index contributed by atoms with van der Waals surface area (Å²) in [4.78, 5) is 31.6. The molecule has 4 aliphatic rings. The van der Waals surface area contributed by atoms with Crippen molar-refractivity contribution in [2.45, 2.75) is 98.4 Å². The maximum Gasteiger partial charge on any atom is 0.436 e. The normalized spacial score (nSPS) is 38.4. The third-order valence-electron chi connectivity index (χ3n) is 10.8. The van der Waals surface area contributed by atoms with Crippen LogP contribution in [0, 0.1) is 40.4 Å². The van der Waals surface area contributed by atoms with Crippen LogP contribution in [0.5, 0.6) is 0 Å². The lowest BCUT2D eigenvalue weighted by molar-refractivity contribution is -0.138. The van der Waals surface area contributed by atoms with Gasteiger partial charge in [0.15, 0.2) is 0 Å². The maximum atomic E-state index is 13.0. The van der Waals surface area contributed by atoms with Gasteiger partial charge in [-0.15, -0.1) is 0 Å². The maximum absolute atomic E-state index is 13.0. The van der Waals surface area contributed by atoms with E-state index in [1.165, 1.54) is 37.0 Å². The van der Waals surface area contributed by atoms with Crippen molar-refractivity contribution in [2.24, 2.45) is 45.6 Å². The molecule has 0 bridgehead atoms. The minimum atomic E-state index is -0.599. The van der Waals surface area contributed by atoms with Crippen molar-refractivity contribution >= 4 is 17.6 Å². The number of oxime groups is 1. The molecule has 0 aliphatic heterocycles. The Morgan fingerprint density at radius 3 is 2.58 bits per heavy atom. The van der Waals surface area contributed by atoms with Gasteiger partial charge in [-0.25, -0.2) is 9.18 Å². The zero-order chi connectivity index (χ0) is 26.1. The van der Waals surface area contributed by atoms with E-state index in [9.17, 15) is 14.0 Å². The average molecular weight is 506 g/mol. The van der Waals surface area contributed by atoms with Gasteiger partial charge in [0.2, 0.25) is 0 Å². The molecule has 0 aromatic rings. The topological polar surface area (TPSA) is 71.0 Å². The number of amides is 1. The van der Waals surface area contributed by atoms with Gasteiger partial charge in [0.1, 0.15) is 12.5 Å². The van der Waals surface area contributed by atoms with Gasteiger partial charge in [0.05, 0.1) is 12.3 Å². The van der Waals surface area contributed by atoms with E-state index in [2.05, 4.69) is 24.3 Å². The Balaban J connectivity index is 1.41. The molecule has 204 valence electrons. The van der Waals surface area contributed by atoms with Gasteiger partial charge in [-0.1, -0.05) is 32.9 Å². The summed E-state index contributed by atoms with van der Waals surface area (Å²) in [6.45, 7) is 11.4. The van der Waals surface area contributed by atoms with Gasteiger partial charge >= 0.3 is 6.09 Å². The first kappa shape index (κ1) is 27.5. The van der Waals surface area contributed by atoms with E-state index < -0.39 is 12.8 Å². The van der Waals surface area contributed by atoms with Gasteiger partial charge in [-0.3, -0.25) is 9.63 Å². The molecule has 0 spiro atoms. The summed E-state index contributed by atoms with van der Waals surface area (Å²) < 4.78 is 13.0. The number of Topliss-reactive ketones (excluding diaryl/α,β-unsaturated/α-hetero) is 1. The zero-order valence-corrected chi connectivity index (χ0v) is 23.2. The first-order valence-corrected chi connectivity index (χ1v) is 14.4. The lowest BCUT2D eigenvalue weighted by Gasteiger charge is -2.60. The monoisotopic (exact) mass is 505 g/mol. The first-order chi connectivity index (χ1) is 17.1. The minimum Gasteiger partial charge on any atom is -0.313 e. The number of nitrogens with zero attached hydrogens (tertiary/aromatic N) is 2. The summed E-state index contributed by atoms with van der Waals surface area (Å²) in [6, 6.07) is 0.304. The number of rotatable bonds is 8. The molecular formula is C29H48FN3O3. The molecular weight excluding hydrogens is 457 g/mol. The average Bonchev–Trinajstić information content (AvgIpc) is 3.19. The van der Waals surface area contributed by atoms with E-state index in [0.717, 1.165) is 43.2 Å². The van der Waals surface area contributed by atoms with Crippen LogP contribution in [0.3, 0.4) is 0 Å². The summed E-state index contributed by atoms with van der Waals surface area (Å²) in [5, 5.41) is 7.58. The van der Waals surface area contributed by atoms with E-state index in [1.54, 1.807) is 0 Å². The molecule has 36 heavy (non-hydrogen) atoms. The molecule has 0 aromatic carbocycles. The number of carbonyl (C=O) groups is 2. The van der Waals surface area contributed by atoms with Gasteiger partial charge in [0.25, 0.3) is 0 Å². The van der Waals surface area contributed by atoms with E-state index in [4.69, 9.17) is 4.84 Å². The number of nitrogens with one attached hydrogen (secondary N) is 1. The standard InChI is InChI=1S/C29H48FN3O3/c1-19(2)31-15-17-33(16-14-30)27(35)36-32-20(3)24-8-9-25-23-7-6-21-18-22(34)10-12-28(21,4)26(23)11-13-29(24,25)5/h19,21,23-26,31H,6-18H2,1-5H3/b32-20+/t21-,23+,24-,25+,26+,28+,29-/m1/s1. The van der Waals surface area contributed by atoms with Crippen LogP contribution in [0.15, 0.2) is 5.16 Å². The second-order valence-corrected chi connectivity index (χ2v) is 12.9. The summed E-state index contributed by atoms with van der Waals surface area (Å²) in [5.74, 6) is 3.49. The third kappa shape index (κ3) is 5.23. The smallest absolute Gasteiger partial charge is 0.313 e. The minimum absolute atomic E-state index is 0.0187. The Labute approximate surface area is 217 Å². The largest absolute Gasteiger partial charge is 0.436 e. The fourth-order valence-corrected chi connectivity index (χ4v) is 8.85. The molecule has 4 aliphatic carbocycles. The SMILES string of the molecule is C/C(=N\OC(=O)N(CCF)CCNC(C)C)[C@H]1CC[C@H]2[C@@H]3CC[C@@H]4CC(=O)CC[C@]4(C)[C@H]3CC[C@]12C. The highest BCUT2D eigenvalue weighted by molar-refractivity contribution is 5.85. The molecule has 7 atom stereocenters. The third-order valence-corrected chi connectivity index (χ3v) is 10.8. The number of ketones is 1. The van der Waals surface area contributed by atoms with Crippen molar-refractivity contribution in [3.05, 3.63) is 0 Å². The lowest BCUT2D eigenvalue weighted by Crippen LogP contribution is -2.53. The van der Waals surface area contributed by atoms with Crippen LogP contribution in [0.4, 0.5) is 9.18 Å². The molecule has 4 rings (SSSR count). The molecule has 0 aromatic heterocycles. The summed E-state index contributed by atoms with van der Waals surface area (Å²) in [5.41, 5.74) is 1.39. The zero-order valence-electron chi connectivity index (χ0n) is 23.2. The van der Waals surface area contributed by atoms with E-state index in [-0.39, 0.29) is 12.0 Å². The van der Waals surface area contributed by atoms with Crippen LogP contribution < -0.4 is 5.32 Å². The van der Waals surface area contributed by atoms with Crippen molar-refractivity contribution < 1.29 is 18.8 Å². The van der Waals surface area contributed by atoms with Crippen molar-refractivity contribution in [3.8, 4) is 0 Å². The highest BCUT2D eigenvalue weighted by Gasteiger charge is 2.60. The Hall–Kier alpha value is -1.50. The number of hydrogen-bond donors (Lipinski definition) is 1. The number of alkyl halides is 1. The number of carbonyl (C=O) groups excluding carboxylic acids is 2. The predicted octanol–water partition coefficient (Wildman–Crippen LogP) is 6.00. The van der Waals surface area contributed by atoms with Crippen LogP contribution in [0.2, 0.25) is 0 Å². The van der Waals surface area contributed by atoms with Crippen LogP contribution >= 0.6 is 0 Å². The van der Waals surface area contributed by atoms with Crippen molar-refractivity contribution in [1.29, 1.82) is 0 Å². The van der Waals surface area contributed by atoms with Crippen LogP contribution in [-0.4, -0.2) is 54.8 Å². The van der Waals surface area contributed by atoms with Crippen LogP contribution in [0.1, 0.15) is 92.4 Å². The Morgan fingerprint density at radius 1 is 1.11 bits per heavy atom. The quantitative estimate of drug-likeness (QED) is 0.250. The highest BCUT2D eigenvalue weighted by Crippen LogP contribution is 2.67. The fourth-order valence-electron chi connectivity index (χ4n) is 8.85. The molecule has 7 heteroatoms. The Bertz CT molecular complexity index is 848.